The molecule has 2 aromatic heterocycles. The molecule has 4 rings (SSSR count). The summed E-state index contributed by atoms with van der Waals surface area (Å²) in [5.41, 5.74) is 3.83. The van der Waals surface area contributed by atoms with Gasteiger partial charge in [0, 0.05) is 34.4 Å². The molecule has 108 valence electrons. The number of para-hydroxylation sites is 1. The second kappa shape index (κ2) is 5.64. The van der Waals surface area contributed by atoms with Crippen molar-refractivity contribution in [3.05, 3.63) is 78.2 Å². The Hall–Kier alpha value is -2.61. The highest BCUT2D eigenvalue weighted by Crippen LogP contribution is 2.21. The van der Waals surface area contributed by atoms with Crippen molar-refractivity contribution in [1.29, 1.82) is 0 Å². The molecule has 0 spiro atoms. The fraction of sp³-hybridized carbons (Fsp3) is 0.150. The van der Waals surface area contributed by atoms with Gasteiger partial charge in [-0.2, -0.15) is 0 Å². The molecule has 0 amide bonds. The van der Waals surface area contributed by atoms with Gasteiger partial charge in [-0.05, 0) is 42.3 Å². The van der Waals surface area contributed by atoms with Crippen molar-refractivity contribution in [3.63, 3.8) is 0 Å². The van der Waals surface area contributed by atoms with Crippen LogP contribution in [0.4, 0.5) is 0 Å². The van der Waals surface area contributed by atoms with Crippen molar-refractivity contribution in [2.45, 2.75) is 19.3 Å². The van der Waals surface area contributed by atoms with E-state index < -0.39 is 0 Å². The molecule has 0 radical (unpaired) electrons. The molecule has 0 saturated heterocycles. The summed E-state index contributed by atoms with van der Waals surface area (Å²) in [4.78, 5) is 7.93. The van der Waals surface area contributed by atoms with Crippen LogP contribution in [0, 0.1) is 0 Å². The lowest BCUT2D eigenvalue weighted by Crippen LogP contribution is -1.94. The standard InChI is InChI=1S/C20H18N2/c1-2-8-17-15(6-1)12-13-21-19(17)11-5-7-16-14-22-20-10-4-3-9-18(16)20/h1-4,6,8-10,12-14,22H,5,7,11H2. The normalized spacial score (nSPS) is 11.3. The average Bonchev–Trinajstić information content (AvgIpc) is 2.99. The minimum Gasteiger partial charge on any atom is -0.361 e. The predicted molar refractivity (Wildman–Crippen MR) is 92.1 cm³/mol. The van der Waals surface area contributed by atoms with Crippen molar-refractivity contribution in [2.24, 2.45) is 0 Å². The third-order valence-electron chi connectivity index (χ3n) is 4.29. The lowest BCUT2D eigenvalue weighted by molar-refractivity contribution is 0.809. The summed E-state index contributed by atoms with van der Waals surface area (Å²) in [6.07, 6.45) is 7.27. The first-order chi connectivity index (χ1) is 10.9. The number of aromatic amines is 1. The highest BCUT2D eigenvalue weighted by molar-refractivity contribution is 5.84. The summed E-state index contributed by atoms with van der Waals surface area (Å²) in [6, 6.07) is 19.1. The molecule has 2 heterocycles. The van der Waals surface area contributed by atoms with Crippen molar-refractivity contribution in [2.75, 3.05) is 0 Å². The highest BCUT2D eigenvalue weighted by atomic mass is 14.7. The molecule has 4 aromatic rings. The molecular weight excluding hydrogens is 268 g/mol. The highest BCUT2D eigenvalue weighted by Gasteiger charge is 2.05. The number of rotatable bonds is 4. The maximum absolute atomic E-state index is 4.58. The maximum atomic E-state index is 4.58. The zero-order valence-corrected chi connectivity index (χ0v) is 12.4. The first-order valence-corrected chi connectivity index (χ1v) is 7.79. The lowest BCUT2D eigenvalue weighted by Gasteiger charge is -2.05. The summed E-state index contributed by atoms with van der Waals surface area (Å²) in [5.74, 6) is 0. The number of pyridine rings is 1. The SMILES string of the molecule is c1ccc2c(CCCc3c[nH]c4ccccc34)nccc2c1. The third-order valence-corrected chi connectivity index (χ3v) is 4.29. The van der Waals surface area contributed by atoms with Crippen molar-refractivity contribution in [1.82, 2.24) is 9.97 Å². The van der Waals surface area contributed by atoms with E-state index in [4.69, 9.17) is 0 Å². The Morgan fingerprint density at radius 2 is 1.64 bits per heavy atom. The zero-order chi connectivity index (χ0) is 14.8. The maximum Gasteiger partial charge on any atom is 0.0481 e. The van der Waals surface area contributed by atoms with E-state index in [1.54, 1.807) is 0 Å². The van der Waals surface area contributed by atoms with Gasteiger partial charge in [-0.15, -0.1) is 0 Å². The van der Waals surface area contributed by atoms with E-state index in [1.807, 2.05) is 6.20 Å². The van der Waals surface area contributed by atoms with Crippen LogP contribution in [0.15, 0.2) is 67.0 Å². The van der Waals surface area contributed by atoms with Gasteiger partial charge in [-0.1, -0.05) is 42.5 Å². The fourth-order valence-electron chi connectivity index (χ4n) is 3.17. The fourth-order valence-corrected chi connectivity index (χ4v) is 3.17. The van der Waals surface area contributed by atoms with E-state index in [2.05, 4.69) is 70.8 Å². The molecular formula is C20H18N2. The van der Waals surface area contributed by atoms with Crippen LogP contribution in [0.25, 0.3) is 21.7 Å². The smallest absolute Gasteiger partial charge is 0.0481 e. The van der Waals surface area contributed by atoms with Gasteiger partial charge < -0.3 is 4.98 Å². The first-order valence-electron chi connectivity index (χ1n) is 7.79. The van der Waals surface area contributed by atoms with Crippen LogP contribution in [0.3, 0.4) is 0 Å². The van der Waals surface area contributed by atoms with E-state index in [1.165, 1.54) is 32.9 Å². The lowest BCUT2D eigenvalue weighted by atomic mass is 10.0. The largest absolute Gasteiger partial charge is 0.361 e. The van der Waals surface area contributed by atoms with Gasteiger partial charge in [0.05, 0.1) is 0 Å². The van der Waals surface area contributed by atoms with E-state index in [9.17, 15) is 0 Å². The number of nitrogens with one attached hydrogen (secondary N) is 1. The van der Waals surface area contributed by atoms with E-state index >= 15 is 0 Å². The molecule has 2 heteroatoms. The van der Waals surface area contributed by atoms with Crippen molar-refractivity contribution in [3.8, 4) is 0 Å². The number of H-pyrrole nitrogens is 1. The number of hydrogen-bond donors (Lipinski definition) is 1. The van der Waals surface area contributed by atoms with Crippen LogP contribution in [-0.2, 0) is 12.8 Å². The van der Waals surface area contributed by atoms with E-state index in [-0.39, 0.29) is 0 Å². The summed E-state index contributed by atoms with van der Waals surface area (Å²) >= 11 is 0. The Balaban J connectivity index is 1.53. The van der Waals surface area contributed by atoms with Crippen LogP contribution >= 0.6 is 0 Å². The molecule has 0 fully saturated rings. The van der Waals surface area contributed by atoms with Gasteiger partial charge in [-0.3, -0.25) is 4.98 Å². The summed E-state index contributed by atoms with van der Waals surface area (Å²) in [5, 5.41) is 3.90. The van der Waals surface area contributed by atoms with Gasteiger partial charge in [0.15, 0.2) is 0 Å². The van der Waals surface area contributed by atoms with E-state index in [0.717, 1.165) is 19.3 Å². The van der Waals surface area contributed by atoms with Gasteiger partial charge in [0.25, 0.3) is 0 Å². The quantitative estimate of drug-likeness (QED) is 0.568. The van der Waals surface area contributed by atoms with Crippen LogP contribution in [0.2, 0.25) is 0 Å². The Morgan fingerprint density at radius 1 is 0.818 bits per heavy atom. The first kappa shape index (κ1) is 13.1. The predicted octanol–water partition coefficient (Wildman–Crippen LogP) is 4.89. The second-order valence-corrected chi connectivity index (χ2v) is 5.69. The molecule has 1 N–H and O–H groups in total. The van der Waals surface area contributed by atoms with Crippen LogP contribution in [0.5, 0.6) is 0 Å². The number of fused-ring (bicyclic) bond motifs is 2. The van der Waals surface area contributed by atoms with Crippen LogP contribution in [0.1, 0.15) is 17.7 Å². The van der Waals surface area contributed by atoms with Crippen LogP contribution < -0.4 is 0 Å². The molecule has 0 saturated carbocycles. The molecule has 2 aromatic carbocycles. The molecule has 0 unspecified atom stereocenters. The summed E-state index contributed by atoms with van der Waals surface area (Å²) in [6.45, 7) is 0. The Labute approximate surface area is 129 Å². The number of hydrogen-bond acceptors (Lipinski definition) is 1. The number of nitrogens with zero attached hydrogens (tertiary/aromatic N) is 1. The number of aryl methyl sites for hydroxylation is 2. The molecule has 0 atom stereocenters. The Kier molecular flexibility index (Phi) is 3.36. The van der Waals surface area contributed by atoms with Gasteiger partial charge in [0.2, 0.25) is 0 Å². The third kappa shape index (κ3) is 2.37. The zero-order valence-electron chi connectivity index (χ0n) is 12.4. The summed E-state index contributed by atoms with van der Waals surface area (Å²) in [7, 11) is 0. The van der Waals surface area contributed by atoms with Crippen molar-refractivity contribution < 1.29 is 0 Å². The Bertz CT molecular complexity index is 916. The summed E-state index contributed by atoms with van der Waals surface area (Å²) < 4.78 is 0. The molecule has 2 nitrogen and oxygen atoms in total. The molecule has 0 bridgehead atoms. The van der Waals surface area contributed by atoms with Crippen LogP contribution in [-0.4, -0.2) is 9.97 Å². The van der Waals surface area contributed by atoms with Gasteiger partial charge in [-0.25, -0.2) is 0 Å². The second-order valence-electron chi connectivity index (χ2n) is 5.69. The van der Waals surface area contributed by atoms with Crippen molar-refractivity contribution >= 4 is 21.7 Å². The monoisotopic (exact) mass is 286 g/mol. The average molecular weight is 286 g/mol. The number of benzene rings is 2. The van der Waals surface area contributed by atoms with Gasteiger partial charge >= 0.3 is 0 Å². The minimum absolute atomic E-state index is 1.01. The molecule has 0 aliphatic heterocycles. The topological polar surface area (TPSA) is 28.7 Å². The van der Waals surface area contributed by atoms with Gasteiger partial charge in [0.1, 0.15) is 0 Å². The molecule has 0 aliphatic rings. The Morgan fingerprint density at radius 3 is 2.59 bits per heavy atom. The number of aromatic nitrogens is 2. The molecule has 0 aliphatic carbocycles. The molecule has 22 heavy (non-hydrogen) atoms. The van der Waals surface area contributed by atoms with E-state index in [0.29, 0.717) is 0 Å². The minimum atomic E-state index is 1.01.